The van der Waals surface area contributed by atoms with Crippen LogP contribution in [0.2, 0.25) is 0 Å². The van der Waals surface area contributed by atoms with Crippen molar-refractivity contribution < 1.29 is 14.3 Å². The first-order chi connectivity index (χ1) is 22.0. The molecule has 47 heavy (non-hydrogen) atoms. The lowest BCUT2D eigenvalue weighted by molar-refractivity contribution is -0.114. The van der Waals surface area contributed by atoms with Gasteiger partial charge in [-0.3, -0.25) is 9.79 Å². The van der Waals surface area contributed by atoms with Gasteiger partial charge < -0.3 is 20.3 Å². The van der Waals surface area contributed by atoms with Gasteiger partial charge in [0.05, 0.1) is 0 Å². The molecular formula is C40H70N4O3. The van der Waals surface area contributed by atoms with E-state index in [0.717, 1.165) is 44.5 Å². The number of piperazine rings is 1. The Labute approximate surface area is 289 Å². The highest BCUT2D eigenvalue weighted by molar-refractivity contribution is 6.03. The average Bonchev–Trinajstić information content (AvgIpc) is 2.99. The van der Waals surface area contributed by atoms with Gasteiger partial charge in [-0.2, -0.15) is 0 Å². The zero-order valence-electron chi connectivity index (χ0n) is 32.8. The highest BCUT2D eigenvalue weighted by atomic mass is 16.6. The summed E-state index contributed by atoms with van der Waals surface area (Å²) < 4.78 is 5.59. The largest absolute Gasteiger partial charge is 0.444 e. The number of hydrogen-bond donors (Lipinski definition) is 1. The van der Waals surface area contributed by atoms with Gasteiger partial charge in [-0.1, -0.05) is 90.8 Å². The van der Waals surface area contributed by atoms with Crippen LogP contribution in [0.15, 0.2) is 75.6 Å². The van der Waals surface area contributed by atoms with Crippen molar-refractivity contribution in [3.05, 3.63) is 70.6 Å². The van der Waals surface area contributed by atoms with Crippen LogP contribution in [0, 0.1) is 5.92 Å². The van der Waals surface area contributed by atoms with Crippen molar-refractivity contribution in [1.29, 1.82) is 0 Å². The van der Waals surface area contributed by atoms with E-state index in [1.54, 1.807) is 6.08 Å². The highest BCUT2D eigenvalue weighted by Gasteiger charge is 2.32. The van der Waals surface area contributed by atoms with Crippen molar-refractivity contribution in [2.24, 2.45) is 16.6 Å². The quantitative estimate of drug-likeness (QED) is 0.129. The molecular weight excluding hydrogens is 584 g/mol. The van der Waals surface area contributed by atoms with Gasteiger partial charge in [-0.15, -0.1) is 0 Å². The maximum absolute atomic E-state index is 12.6. The van der Waals surface area contributed by atoms with Crippen molar-refractivity contribution in [3.8, 4) is 0 Å². The molecule has 2 amide bonds. The van der Waals surface area contributed by atoms with Crippen LogP contribution in [0.1, 0.15) is 130 Å². The fraction of sp³-hybridized carbons (Fsp3) is 0.625. The van der Waals surface area contributed by atoms with Gasteiger partial charge in [0, 0.05) is 54.4 Å². The number of allylic oxidation sites excluding steroid dienone is 9. The van der Waals surface area contributed by atoms with Crippen LogP contribution in [-0.4, -0.2) is 58.8 Å². The third-order valence-electron chi connectivity index (χ3n) is 7.26. The van der Waals surface area contributed by atoms with Crippen molar-refractivity contribution in [3.63, 3.8) is 0 Å². The molecule has 1 aliphatic heterocycles. The molecule has 0 bridgehead atoms. The van der Waals surface area contributed by atoms with E-state index in [1.165, 1.54) is 22.4 Å². The monoisotopic (exact) mass is 655 g/mol. The topological polar surface area (TPSA) is 88.2 Å². The predicted molar refractivity (Wildman–Crippen MR) is 205 cm³/mol. The standard InChI is InChI=1S/C25H43N3O2.C13H21NO.C2H6/c1-11-13-14-26-20(6)23(22(12-2)18(3)4)21(7)27-15-16-28(19(5)17-27)24(29)30-25(8,9)10;1-4-6-7-9-12(13(14)15)10-11(3)8-5-2;1-2/h12-14,18-19H,11,15-17H2,1-10H3;6-7,9-10H,4-5,8H2,1-3H3,(H2,14,15);1-2H3/b14-13+,22-12-,23-21-,26-20+;7-6+,11-10+,12-9+;. The Balaban J connectivity index is 0. The van der Waals surface area contributed by atoms with Crippen molar-refractivity contribution in [1.82, 2.24) is 9.80 Å². The molecule has 1 unspecified atom stereocenters. The number of nitrogens with two attached hydrogens (primary N) is 1. The lowest BCUT2D eigenvalue weighted by Crippen LogP contribution is -2.54. The second-order valence-electron chi connectivity index (χ2n) is 12.9. The zero-order valence-corrected chi connectivity index (χ0v) is 32.8. The second kappa shape index (κ2) is 24.8. The van der Waals surface area contributed by atoms with E-state index < -0.39 is 5.60 Å². The number of primary amides is 1. The summed E-state index contributed by atoms with van der Waals surface area (Å²) in [5, 5.41) is 0. The molecule has 1 rings (SSSR count). The zero-order chi connectivity index (χ0) is 36.7. The molecule has 0 aromatic carbocycles. The Morgan fingerprint density at radius 3 is 2.06 bits per heavy atom. The minimum atomic E-state index is -0.478. The van der Waals surface area contributed by atoms with Gasteiger partial charge in [0.15, 0.2) is 0 Å². The van der Waals surface area contributed by atoms with Gasteiger partial charge >= 0.3 is 6.09 Å². The third-order valence-corrected chi connectivity index (χ3v) is 7.26. The first-order valence-electron chi connectivity index (χ1n) is 17.7. The molecule has 0 aromatic rings. The number of nitrogens with zero attached hydrogens (tertiary/aromatic N) is 3. The van der Waals surface area contributed by atoms with E-state index in [0.29, 0.717) is 18.0 Å². The first-order valence-corrected chi connectivity index (χ1v) is 17.7. The molecule has 0 spiro atoms. The number of carbonyl (C=O) groups excluding carboxylic acids is 2. The van der Waals surface area contributed by atoms with Crippen molar-refractivity contribution >= 4 is 17.7 Å². The summed E-state index contributed by atoms with van der Waals surface area (Å²) in [5.41, 5.74) is 11.3. The molecule has 2 N–H and O–H groups in total. The highest BCUT2D eigenvalue weighted by Crippen LogP contribution is 2.28. The Hall–Kier alpha value is -3.35. The van der Waals surface area contributed by atoms with Crippen molar-refractivity contribution in [2.45, 2.75) is 141 Å². The van der Waals surface area contributed by atoms with Crippen LogP contribution in [-0.2, 0) is 9.53 Å². The second-order valence-corrected chi connectivity index (χ2v) is 12.9. The van der Waals surface area contributed by atoms with Gasteiger partial charge in [-0.05, 0) is 92.2 Å². The summed E-state index contributed by atoms with van der Waals surface area (Å²) in [6.07, 6.45) is 17.5. The van der Waals surface area contributed by atoms with Gasteiger partial charge in [-0.25, -0.2) is 4.79 Å². The van der Waals surface area contributed by atoms with Gasteiger partial charge in [0.1, 0.15) is 5.60 Å². The van der Waals surface area contributed by atoms with E-state index in [2.05, 4.69) is 72.4 Å². The minimum Gasteiger partial charge on any atom is -0.444 e. The summed E-state index contributed by atoms with van der Waals surface area (Å²) in [6.45, 7) is 33.1. The lowest BCUT2D eigenvalue weighted by atomic mass is 9.90. The number of ether oxygens (including phenoxy) is 1. The van der Waals surface area contributed by atoms with Crippen LogP contribution in [0.4, 0.5) is 4.79 Å². The molecule has 0 aromatic heterocycles. The molecule has 1 heterocycles. The summed E-state index contributed by atoms with van der Waals surface area (Å²) >= 11 is 0. The van der Waals surface area contributed by atoms with Crippen LogP contribution in [0.5, 0.6) is 0 Å². The average molecular weight is 655 g/mol. The maximum Gasteiger partial charge on any atom is 0.410 e. The molecule has 7 nitrogen and oxygen atoms in total. The third kappa shape index (κ3) is 18.5. The number of rotatable bonds is 12. The summed E-state index contributed by atoms with van der Waals surface area (Å²) in [5.74, 6) is 0.0342. The van der Waals surface area contributed by atoms with Gasteiger partial charge in [0.25, 0.3) is 0 Å². The smallest absolute Gasteiger partial charge is 0.410 e. The summed E-state index contributed by atoms with van der Waals surface area (Å²) in [7, 11) is 0. The molecule has 0 saturated carbocycles. The fourth-order valence-corrected chi connectivity index (χ4v) is 5.03. The van der Waals surface area contributed by atoms with E-state index >= 15 is 0 Å². The molecule has 1 atom stereocenters. The molecule has 1 fully saturated rings. The van der Waals surface area contributed by atoms with Crippen LogP contribution < -0.4 is 5.73 Å². The SMILES string of the molecule is CC.CC/C=C/C=C(\C=C(/C)CCC)C(N)=O.C\C=C(C(/C(C)=N/C=C/CC)=C(/C)N1CCN(C(=O)OC(C)(C)C)C(C)C1)\C(C)C. The van der Waals surface area contributed by atoms with E-state index in [-0.39, 0.29) is 18.0 Å². The van der Waals surface area contributed by atoms with Crippen LogP contribution in [0.3, 0.4) is 0 Å². The Morgan fingerprint density at radius 2 is 1.62 bits per heavy atom. The van der Waals surface area contributed by atoms with Crippen molar-refractivity contribution in [2.75, 3.05) is 19.6 Å². The van der Waals surface area contributed by atoms with E-state index in [1.807, 2.05) is 77.8 Å². The number of amides is 2. The Bertz CT molecular complexity index is 1160. The molecule has 268 valence electrons. The first kappa shape index (κ1) is 45.8. The summed E-state index contributed by atoms with van der Waals surface area (Å²) in [6, 6.07) is 0.0788. The van der Waals surface area contributed by atoms with Crippen LogP contribution >= 0.6 is 0 Å². The Morgan fingerprint density at radius 1 is 1.02 bits per heavy atom. The Kier molecular flexibility index (Phi) is 24.1. The molecule has 1 saturated heterocycles. The molecule has 0 aliphatic carbocycles. The molecule has 0 radical (unpaired) electrons. The maximum atomic E-state index is 12.6. The predicted octanol–water partition coefficient (Wildman–Crippen LogP) is 10.3. The lowest BCUT2D eigenvalue weighted by Gasteiger charge is -2.42. The molecule has 7 heteroatoms. The summed E-state index contributed by atoms with van der Waals surface area (Å²) in [4.78, 5) is 32.6. The number of hydrogen-bond acceptors (Lipinski definition) is 5. The number of aliphatic imine (C=N–C) groups is 1. The normalized spacial score (nSPS) is 17.3. The van der Waals surface area contributed by atoms with E-state index in [4.69, 9.17) is 15.5 Å². The minimum absolute atomic E-state index is 0.0788. The van der Waals surface area contributed by atoms with Crippen LogP contribution in [0.25, 0.3) is 0 Å². The number of carbonyl (C=O) groups is 2. The fourth-order valence-electron chi connectivity index (χ4n) is 5.03. The van der Waals surface area contributed by atoms with E-state index in [9.17, 15) is 9.59 Å². The van der Waals surface area contributed by atoms with Gasteiger partial charge in [0.2, 0.25) is 5.91 Å². The molecule has 1 aliphatic rings.